The Labute approximate surface area is 101 Å². The highest BCUT2D eigenvalue weighted by Gasteiger charge is 1.85. The predicted octanol–water partition coefficient (Wildman–Crippen LogP) is 1.91. The van der Waals surface area contributed by atoms with Crippen LogP contribution in [0.2, 0.25) is 0 Å². The minimum Gasteiger partial charge on any atom is -0.511 e. The number of allylic oxidation sites excluding steroid dienone is 2. The van der Waals surface area contributed by atoms with Crippen molar-refractivity contribution in [3.8, 4) is 0 Å². The Morgan fingerprint density at radius 2 is 2.06 bits per heavy atom. The fraction of sp³-hybridized carbons (Fsp3) is 0.154. The van der Waals surface area contributed by atoms with E-state index in [1.807, 2.05) is 0 Å². The van der Waals surface area contributed by atoms with Crippen molar-refractivity contribution in [2.24, 2.45) is 0 Å². The number of carbonyl (C=O) groups is 1. The molecule has 0 radical (unpaired) electrons. The molecule has 4 heteroatoms. The molecule has 0 unspecified atom stereocenters. The van der Waals surface area contributed by atoms with E-state index >= 15 is 0 Å². The molecule has 0 bridgehead atoms. The summed E-state index contributed by atoms with van der Waals surface area (Å²) in [7, 11) is 1.77. The van der Waals surface area contributed by atoms with Crippen molar-refractivity contribution in [2.75, 3.05) is 19.3 Å². The van der Waals surface area contributed by atoms with Crippen LogP contribution in [0.3, 0.4) is 0 Å². The summed E-state index contributed by atoms with van der Waals surface area (Å²) < 4.78 is 0. The van der Waals surface area contributed by atoms with E-state index in [2.05, 4.69) is 11.9 Å². The largest absolute Gasteiger partial charge is 0.511 e. The van der Waals surface area contributed by atoms with E-state index in [9.17, 15) is 4.79 Å². The first kappa shape index (κ1) is 14.9. The molecule has 0 saturated heterocycles. The van der Waals surface area contributed by atoms with Gasteiger partial charge >= 0.3 is 0 Å². The van der Waals surface area contributed by atoms with Crippen LogP contribution in [0, 0.1) is 0 Å². The number of likely N-dealkylation sites (N-methyl/N-ethyl adjacent to an activating group) is 1. The monoisotopic (exact) mass is 234 g/mol. The molecule has 4 nitrogen and oxygen atoms in total. The number of aliphatic hydroxyl groups is 1. The molecule has 4 N–H and O–H groups in total. The van der Waals surface area contributed by atoms with Crippen LogP contribution >= 0.6 is 0 Å². The second-order valence-corrected chi connectivity index (χ2v) is 3.21. The maximum Gasteiger partial charge on any atom is 0.150 e. The summed E-state index contributed by atoms with van der Waals surface area (Å²) in [4.78, 5) is 10.1. The van der Waals surface area contributed by atoms with Crippen molar-refractivity contribution >= 4 is 12.0 Å². The normalized spacial score (nSPS) is 10.1. The standard InChI is InChI=1S/C7H7NO.C6H11NO/c8-7-3-1-6(5-9)2-4-7;1-3-4-6(8)5-7-2/h1-5H,8H2;3-4,7-8H,1,5H2,2H3/b;6-4-. The van der Waals surface area contributed by atoms with Gasteiger partial charge in [0, 0.05) is 11.3 Å². The molecule has 17 heavy (non-hydrogen) atoms. The van der Waals surface area contributed by atoms with Crippen molar-refractivity contribution in [2.45, 2.75) is 0 Å². The number of anilines is 1. The third kappa shape index (κ3) is 7.81. The predicted molar refractivity (Wildman–Crippen MR) is 71.1 cm³/mol. The molecule has 0 aromatic heterocycles. The van der Waals surface area contributed by atoms with E-state index < -0.39 is 0 Å². The van der Waals surface area contributed by atoms with Gasteiger partial charge in [-0.2, -0.15) is 0 Å². The van der Waals surface area contributed by atoms with Crippen molar-refractivity contribution in [1.82, 2.24) is 5.32 Å². The minimum atomic E-state index is 0.308. The number of hydrogen-bond acceptors (Lipinski definition) is 4. The zero-order valence-corrected chi connectivity index (χ0v) is 9.89. The van der Waals surface area contributed by atoms with E-state index in [0.717, 1.165) is 6.29 Å². The van der Waals surface area contributed by atoms with Crippen molar-refractivity contribution in [3.63, 3.8) is 0 Å². The van der Waals surface area contributed by atoms with E-state index in [4.69, 9.17) is 10.8 Å². The molecule has 1 aromatic rings. The zero-order chi connectivity index (χ0) is 13.1. The maximum atomic E-state index is 10.1. The van der Waals surface area contributed by atoms with Crippen LogP contribution in [0.4, 0.5) is 5.69 Å². The highest BCUT2D eigenvalue weighted by atomic mass is 16.3. The summed E-state index contributed by atoms with van der Waals surface area (Å²) in [5.41, 5.74) is 6.70. The second kappa shape index (κ2) is 9.18. The number of nitrogens with one attached hydrogen (secondary N) is 1. The topological polar surface area (TPSA) is 75.3 Å². The molecule has 0 aliphatic rings. The number of aldehydes is 1. The van der Waals surface area contributed by atoms with Crippen molar-refractivity contribution in [1.29, 1.82) is 0 Å². The van der Waals surface area contributed by atoms with E-state index in [1.165, 1.54) is 0 Å². The second-order valence-electron chi connectivity index (χ2n) is 3.21. The molecule has 0 amide bonds. The van der Waals surface area contributed by atoms with Gasteiger partial charge in [0.15, 0.2) is 0 Å². The maximum absolute atomic E-state index is 10.1. The van der Waals surface area contributed by atoms with Crippen molar-refractivity contribution < 1.29 is 9.90 Å². The molecule has 0 heterocycles. The fourth-order valence-electron chi connectivity index (χ4n) is 0.951. The summed E-state index contributed by atoms with van der Waals surface area (Å²) in [5, 5.41) is 11.6. The van der Waals surface area contributed by atoms with Crippen molar-refractivity contribution in [3.05, 3.63) is 54.3 Å². The van der Waals surface area contributed by atoms with Crippen LogP contribution in [-0.4, -0.2) is 25.0 Å². The Morgan fingerprint density at radius 3 is 2.47 bits per heavy atom. The van der Waals surface area contributed by atoms with Gasteiger partial charge in [-0.15, -0.1) is 0 Å². The first-order valence-corrected chi connectivity index (χ1v) is 5.10. The highest BCUT2D eigenvalue weighted by molar-refractivity contribution is 5.75. The van der Waals surface area contributed by atoms with E-state index in [-0.39, 0.29) is 0 Å². The number of nitrogens with two attached hydrogens (primary N) is 1. The average Bonchev–Trinajstić information content (AvgIpc) is 2.32. The minimum absolute atomic E-state index is 0.308. The molecule has 0 spiro atoms. The molecule has 1 rings (SSSR count). The average molecular weight is 234 g/mol. The molecule has 0 atom stereocenters. The summed E-state index contributed by atoms with van der Waals surface area (Å²) in [6.07, 6.45) is 3.89. The van der Waals surface area contributed by atoms with Crippen LogP contribution in [0.15, 0.2) is 48.8 Å². The van der Waals surface area contributed by atoms with Crippen LogP contribution in [-0.2, 0) is 0 Å². The Balaban J connectivity index is 0.000000304. The van der Waals surface area contributed by atoms with Gasteiger partial charge in [0.2, 0.25) is 0 Å². The molecule has 0 fully saturated rings. The molecule has 0 aliphatic carbocycles. The Kier molecular flexibility index (Phi) is 8.06. The lowest BCUT2D eigenvalue weighted by molar-refractivity contribution is 0.112. The van der Waals surface area contributed by atoms with Gasteiger partial charge in [-0.3, -0.25) is 4.79 Å². The zero-order valence-electron chi connectivity index (χ0n) is 9.89. The number of hydrogen-bond donors (Lipinski definition) is 3. The number of rotatable bonds is 4. The summed E-state index contributed by atoms with van der Waals surface area (Å²) in [6.45, 7) is 3.92. The first-order chi connectivity index (χ1) is 8.13. The van der Waals surface area contributed by atoms with Crippen LogP contribution < -0.4 is 11.1 Å². The van der Waals surface area contributed by atoms with Gasteiger partial charge < -0.3 is 16.2 Å². The lowest BCUT2D eigenvalue weighted by Gasteiger charge is -1.93. The highest BCUT2D eigenvalue weighted by Crippen LogP contribution is 2.01. The summed E-state index contributed by atoms with van der Waals surface area (Å²) in [6, 6.07) is 6.76. The van der Waals surface area contributed by atoms with E-state index in [1.54, 1.807) is 43.5 Å². The summed E-state index contributed by atoms with van der Waals surface area (Å²) >= 11 is 0. The van der Waals surface area contributed by atoms with Gasteiger partial charge in [-0.25, -0.2) is 0 Å². The number of aliphatic hydroxyl groups excluding tert-OH is 1. The Hall–Kier alpha value is -2.07. The Morgan fingerprint density at radius 1 is 1.47 bits per heavy atom. The van der Waals surface area contributed by atoms with Gasteiger partial charge in [0.25, 0.3) is 0 Å². The molecule has 0 aliphatic heterocycles. The van der Waals surface area contributed by atoms with Crippen LogP contribution in [0.25, 0.3) is 0 Å². The summed E-state index contributed by atoms with van der Waals surface area (Å²) in [5.74, 6) is 0.308. The van der Waals surface area contributed by atoms with Gasteiger partial charge in [0.1, 0.15) is 12.0 Å². The molecule has 0 saturated carbocycles. The van der Waals surface area contributed by atoms with Gasteiger partial charge in [-0.05, 0) is 37.4 Å². The van der Waals surface area contributed by atoms with Crippen LogP contribution in [0.5, 0.6) is 0 Å². The lowest BCUT2D eigenvalue weighted by Crippen LogP contribution is -2.09. The quantitative estimate of drug-likeness (QED) is 0.322. The molecular weight excluding hydrogens is 216 g/mol. The smallest absolute Gasteiger partial charge is 0.150 e. The van der Waals surface area contributed by atoms with Crippen LogP contribution in [0.1, 0.15) is 10.4 Å². The third-order valence-corrected chi connectivity index (χ3v) is 1.74. The number of carbonyl (C=O) groups excluding carboxylic acids is 1. The van der Waals surface area contributed by atoms with E-state index in [0.29, 0.717) is 23.6 Å². The Bertz CT molecular complexity index is 370. The molecule has 92 valence electrons. The number of benzene rings is 1. The molecular formula is C13H18N2O2. The van der Waals surface area contributed by atoms with Gasteiger partial charge in [0.05, 0.1) is 6.54 Å². The molecule has 1 aromatic carbocycles. The van der Waals surface area contributed by atoms with Gasteiger partial charge in [-0.1, -0.05) is 12.7 Å². The third-order valence-electron chi connectivity index (χ3n) is 1.74. The lowest BCUT2D eigenvalue weighted by atomic mass is 10.2. The first-order valence-electron chi connectivity index (χ1n) is 5.10. The number of nitrogen functional groups attached to an aromatic ring is 1. The fourth-order valence-corrected chi connectivity index (χ4v) is 0.951. The SMILES string of the molecule is C=C/C=C(\O)CNC.Nc1ccc(C=O)cc1.